The molecule has 0 aliphatic carbocycles. The summed E-state index contributed by atoms with van der Waals surface area (Å²) in [5.41, 5.74) is 0.766. The highest BCUT2D eigenvalue weighted by Gasteiger charge is 2.33. The van der Waals surface area contributed by atoms with Crippen molar-refractivity contribution in [3.05, 3.63) is 48.0 Å². The van der Waals surface area contributed by atoms with Crippen LogP contribution in [-0.2, 0) is 15.4 Å². The van der Waals surface area contributed by atoms with Gasteiger partial charge in [0.1, 0.15) is 16.6 Å². The first kappa shape index (κ1) is 20.5. The first-order valence-electron chi connectivity index (χ1n) is 9.98. The van der Waals surface area contributed by atoms with Crippen LogP contribution >= 0.6 is 0 Å². The molecule has 1 saturated heterocycles. The number of carbonyl (C=O) groups is 1. The number of amidine groups is 1. The number of hydrogen-bond donors (Lipinski definition) is 1. The molecule has 0 saturated carbocycles. The van der Waals surface area contributed by atoms with E-state index in [1.165, 1.54) is 6.07 Å². The minimum Gasteiger partial charge on any atom is -0.342 e. The number of likely N-dealkylation sites (tertiary alicyclic amines) is 1. The number of rotatable bonds is 2. The van der Waals surface area contributed by atoms with Crippen molar-refractivity contribution >= 4 is 27.5 Å². The lowest BCUT2D eigenvalue weighted by molar-refractivity contribution is 0.0702. The fourth-order valence-electron chi connectivity index (χ4n) is 3.70. The van der Waals surface area contributed by atoms with E-state index >= 15 is 0 Å². The molecule has 30 heavy (non-hydrogen) atoms. The van der Waals surface area contributed by atoms with Crippen LogP contribution < -0.4 is 5.32 Å². The zero-order valence-electron chi connectivity index (χ0n) is 17.3. The van der Waals surface area contributed by atoms with Crippen molar-refractivity contribution in [1.29, 1.82) is 0 Å². The molecule has 9 heteroatoms. The summed E-state index contributed by atoms with van der Waals surface area (Å²) in [6.45, 7) is 7.05. The van der Waals surface area contributed by atoms with E-state index in [2.05, 4.69) is 19.7 Å². The van der Waals surface area contributed by atoms with Crippen molar-refractivity contribution in [1.82, 2.24) is 14.9 Å². The number of nitrogens with zero attached hydrogens (tertiary/aromatic N) is 4. The molecule has 1 amide bonds. The third kappa shape index (κ3) is 3.94. The lowest BCUT2D eigenvalue weighted by Gasteiger charge is -2.34. The Morgan fingerprint density at radius 3 is 2.57 bits per heavy atom. The van der Waals surface area contributed by atoms with Gasteiger partial charge in [0, 0.05) is 36.8 Å². The highest BCUT2D eigenvalue weighted by atomic mass is 32.2. The van der Waals surface area contributed by atoms with Crippen LogP contribution in [0.1, 0.15) is 49.8 Å². The molecule has 158 valence electrons. The van der Waals surface area contributed by atoms with E-state index in [9.17, 15) is 13.2 Å². The highest BCUT2D eigenvalue weighted by Crippen LogP contribution is 2.30. The number of nitrogens with one attached hydrogen (secondary N) is 1. The zero-order chi connectivity index (χ0) is 21.5. The number of anilines is 1. The molecule has 0 spiro atoms. The second-order valence-corrected chi connectivity index (χ2v) is 10.3. The van der Waals surface area contributed by atoms with E-state index in [-0.39, 0.29) is 22.1 Å². The fourth-order valence-corrected chi connectivity index (χ4v) is 4.90. The van der Waals surface area contributed by atoms with Gasteiger partial charge in [0.05, 0.1) is 11.3 Å². The minimum absolute atomic E-state index is 0.153. The monoisotopic (exact) mass is 427 g/mol. The molecule has 4 rings (SSSR count). The summed E-state index contributed by atoms with van der Waals surface area (Å²) in [6, 6.07) is 6.71. The second-order valence-electron chi connectivity index (χ2n) is 8.71. The molecule has 1 atom stereocenters. The van der Waals surface area contributed by atoms with Gasteiger partial charge in [0.2, 0.25) is 0 Å². The Kier molecular flexibility index (Phi) is 5.09. The molecular weight excluding hydrogens is 402 g/mol. The molecular formula is C21H25N5O3S. The largest absolute Gasteiger partial charge is 0.342 e. The standard InChI is InChI=1S/C21H25N5O3S/c1-21(2,3)20-22-11-15(12-23-20)19(27)26-10-6-7-14(13-26)18-24-16-8-4-5-9-17(16)30(28,29)25-18/h4-5,8-9,11-12,14H,6-7,10,13H2,1-3H3,(H,24,25)/t14-/m1/s1. The lowest BCUT2D eigenvalue weighted by atomic mass is 9.95. The number of piperidine rings is 1. The van der Waals surface area contributed by atoms with Crippen molar-refractivity contribution in [2.75, 3.05) is 18.4 Å². The number of carbonyl (C=O) groups excluding carboxylic acids is 1. The SMILES string of the molecule is CC(C)(C)c1ncc(C(=O)N2CCC[C@@H](C3=NS(=O)(=O)c4ccccc4N3)C2)cn1. The predicted molar refractivity (Wildman–Crippen MR) is 114 cm³/mol. The summed E-state index contributed by atoms with van der Waals surface area (Å²) in [4.78, 5) is 23.6. The number of para-hydroxylation sites is 1. The van der Waals surface area contributed by atoms with Gasteiger partial charge in [-0.3, -0.25) is 4.79 Å². The molecule has 0 unspecified atom stereocenters. The van der Waals surface area contributed by atoms with Crippen LogP contribution in [0, 0.1) is 5.92 Å². The topological polar surface area (TPSA) is 105 Å². The van der Waals surface area contributed by atoms with Gasteiger partial charge >= 0.3 is 0 Å². The summed E-state index contributed by atoms with van der Waals surface area (Å²) in [6.07, 6.45) is 4.65. The molecule has 2 aliphatic heterocycles. The smallest absolute Gasteiger partial charge is 0.286 e. The van der Waals surface area contributed by atoms with Crippen molar-refractivity contribution in [3.63, 3.8) is 0 Å². The second kappa shape index (κ2) is 7.46. The molecule has 0 bridgehead atoms. The molecule has 3 heterocycles. The molecule has 1 aromatic carbocycles. The lowest BCUT2D eigenvalue weighted by Crippen LogP contribution is -2.44. The van der Waals surface area contributed by atoms with Crippen LogP contribution in [-0.4, -0.2) is 48.1 Å². The van der Waals surface area contributed by atoms with Gasteiger partial charge in [0.25, 0.3) is 15.9 Å². The molecule has 8 nitrogen and oxygen atoms in total. The number of hydrogen-bond acceptors (Lipinski definition) is 6. The maximum absolute atomic E-state index is 13.0. The van der Waals surface area contributed by atoms with Gasteiger partial charge in [-0.05, 0) is 25.0 Å². The molecule has 0 radical (unpaired) electrons. The minimum atomic E-state index is -3.75. The average Bonchev–Trinajstić information content (AvgIpc) is 2.72. The van der Waals surface area contributed by atoms with Crippen LogP contribution in [0.15, 0.2) is 46.0 Å². The summed E-state index contributed by atoms with van der Waals surface area (Å²) in [7, 11) is -3.75. The summed E-state index contributed by atoms with van der Waals surface area (Å²) >= 11 is 0. The zero-order valence-corrected chi connectivity index (χ0v) is 18.1. The van der Waals surface area contributed by atoms with Crippen LogP contribution in [0.5, 0.6) is 0 Å². The fraction of sp³-hybridized carbons (Fsp3) is 0.429. The third-order valence-electron chi connectivity index (χ3n) is 5.31. The van der Waals surface area contributed by atoms with Gasteiger partial charge in [-0.1, -0.05) is 32.9 Å². The van der Waals surface area contributed by atoms with Crippen molar-refractivity contribution in [3.8, 4) is 0 Å². The summed E-state index contributed by atoms with van der Waals surface area (Å²) < 4.78 is 29.1. The van der Waals surface area contributed by atoms with E-state index in [4.69, 9.17) is 0 Å². The quantitative estimate of drug-likeness (QED) is 0.790. The van der Waals surface area contributed by atoms with Crippen molar-refractivity contribution in [2.45, 2.75) is 43.9 Å². The van der Waals surface area contributed by atoms with E-state index < -0.39 is 10.0 Å². The molecule has 1 aromatic heterocycles. The van der Waals surface area contributed by atoms with Crippen LogP contribution in [0.3, 0.4) is 0 Å². The highest BCUT2D eigenvalue weighted by molar-refractivity contribution is 7.90. The Morgan fingerprint density at radius 1 is 1.17 bits per heavy atom. The Balaban J connectivity index is 1.53. The number of aromatic nitrogens is 2. The first-order chi connectivity index (χ1) is 14.1. The maximum Gasteiger partial charge on any atom is 0.286 e. The van der Waals surface area contributed by atoms with Crippen molar-refractivity contribution in [2.24, 2.45) is 10.3 Å². The maximum atomic E-state index is 13.0. The normalized spacial score (nSPS) is 20.7. The number of fused-ring (bicyclic) bond motifs is 1. The van der Waals surface area contributed by atoms with E-state index in [0.29, 0.717) is 36.0 Å². The van der Waals surface area contributed by atoms with E-state index in [1.807, 2.05) is 20.8 Å². The Labute approximate surface area is 176 Å². The van der Waals surface area contributed by atoms with E-state index in [0.717, 1.165) is 12.8 Å². The molecule has 1 fully saturated rings. The number of sulfonamides is 1. The molecule has 2 aliphatic rings. The Morgan fingerprint density at radius 2 is 1.87 bits per heavy atom. The molecule has 2 aromatic rings. The predicted octanol–water partition coefficient (Wildman–Crippen LogP) is 2.84. The Bertz CT molecular complexity index is 1100. The summed E-state index contributed by atoms with van der Waals surface area (Å²) in [5.74, 6) is 0.742. The van der Waals surface area contributed by atoms with Gasteiger partial charge in [-0.15, -0.1) is 4.40 Å². The van der Waals surface area contributed by atoms with Crippen LogP contribution in [0.4, 0.5) is 5.69 Å². The summed E-state index contributed by atoms with van der Waals surface area (Å²) in [5, 5.41) is 3.15. The van der Waals surface area contributed by atoms with Crippen molar-refractivity contribution < 1.29 is 13.2 Å². The number of amides is 1. The first-order valence-corrected chi connectivity index (χ1v) is 11.4. The average molecular weight is 428 g/mol. The van der Waals surface area contributed by atoms with Gasteiger partial charge < -0.3 is 10.2 Å². The van der Waals surface area contributed by atoms with E-state index in [1.54, 1.807) is 35.5 Å². The number of benzene rings is 1. The Hall–Kier alpha value is -2.81. The van der Waals surface area contributed by atoms with Gasteiger partial charge in [-0.2, -0.15) is 8.42 Å². The van der Waals surface area contributed by atoms with Gasteiger partial charge in [0.15, 0.2) is 0 Å². The van der Waals surface area contributed by atoms with Crippen LogP contribution in [0.25, 0.3) is 0 Å². The van der Waals surface area contributed by atoms with Crippen LogP contribution in [0.2, 0.25) is 0 Å². The third-order valence-corrected chi connectivity index (χ3v) is 6.66. The van der Waals surface area contributed by atoms with Gasteiger partial charge in [-0.25, -0.2) is 9.97 Å². The molecule has 1 N–H and O–H groups in total.